The summed E-state index contributed by atoms with van der Waals surface area (Å²) in [7, 11) is 0. The first kappa shape index (κ1) is 16.3. The van der Waals surface area contributed by atoms with Gasteiger partial charge in [0.2, 0.25) is 11.8 Å². The summed E-state index contributed by atoms with van der Waals surface area (Å²) in [5.41, 5.74) is 1.05. The molecule has 1 aliphatic heterocycles. The summed E-state index contributed by atoms with van der Waals surface area (Å²) < 4.78 is 5.52. The highest BCUT2D eigenvalue weighted by atomic mass is 16.3. The van der Waals surface area contributed by atoms with Gasteiger partial charge in [-0.05, 0) is 24.1 Å². The van der Waals surface area contributed by atoms with Gasteiger partial charge in [0.25, 0.3) is 0 Å². The Balaban J connectivity index is 1.56. The van der Waals surface area contributed by atoms with Gasteiger partial charge < -0.3 is 14.6 Å². The molecule has 1 atom stereocenters. The molecule has 1 N–H and O–H groups in total. The largest absolute Gasteiger partial charge is 0.469 e. The van der Waals surface area contributed by atoms with Gasteiger partial charge in [-0.3, -0.25) is 9.59 Å². The number of furan rings is 1. The second-order valence-corrected chi connectivity index (χ2v) is 6.02. The van der Waals surface area contributed by atoms with E-state index in [1.807, 2.05) is 47.4 Å². The molecule has 1 aromatic heterocycles. The lowest BCUT2D eigenvalue weighted by molar-refractivity contribution is -0.128. The number of hydrogen-bond acceptors (Lipinski definition) is 3. The van der Waals surface area contributed by atoms with Gasteiger partial charge in [-0.15, -0.1) is 0 Å². The first-order chi connectivity index (χ1) is 11.7. The van der Waals surface area contributed by atoms with Crippen molar-refractivity contribution in [1.82, 2.24) is 10.2 Å². The minimum atomic E-state index is -0.102. The average Bonchev–Trinajstić information content (AvgIpc) is 3.26. The molecule has 24 heavy (non-hydrogen) atoms. The lowest BCUT2D eigenvalue weighted by atomic mass is 9.93. The van der Waals surface area contributed by atoms with E-state index in [9.17, 15) is 9.59 Å². The number of benzene rings is 1. The monoisotopic (exact) mass is 326 g/mol. The molecular weight excluding hydrogens is 304 g/mol. The molecule has 2 heterocycles. The van der Waals surface area contributed by atoms with Gasteiger partial charge >= 0.3 is 0 Å². The van der Waals surface area contributed by atoms with E-state index >= 15 is 0 Å². The zero-order valence-corrected chi connectivity index (χ0v) is 13.6. The highest BCUT2D eigenvalue weighted by Crippen LogP contribution is 2.28. The van der Waals surface area contributed by atoms with Crippen LogP contribution in [0.15, 0.2) is 53.1 Å². The van der Waals surface area contributed by atoms with Crippen LogP contribution in [0.1, 0.15) is 36.5 Å². The Morgan fingerprint density at radius 2 is 2.04 bits per heavy atom. The van der Waals surface area contributed by atoms with Gasteiger partial charge in [-0.1, -0.05) is 30.3 Å². The van der Waals surface area contributed by atoms with Crippen molar-refractivity contribution in [2.24, 2.45) is 0 Å². The molecule has 3 rings (SSSR count). The molecule has 0 bridgehead atoms. The number of nitrogens with zero attached hydrogens (tertiary/aromatic N) is 1. The summed E-state index contributed by atoms with van der Waals surface area (Å²) in [6.45, 7) is 1.87. The minimum absolute atomic E-state index is 0.0353. The van der Waals surface area contributed by atoms with Crippen LogP contribution in [0.3, 0.4) is 0 Å². The maximum absolute atomic E-state index is 12.3. The van der Waals surface area contributed by atoms with Crippen molar-refractivity contribution in [3.8, 4) is 0 Å². The van der Waals surface area contributed by atoms with Crippen molar-refractivity contribution in [3.05, 3.63) is 60.1 Å². The van der Waals surface area contributed by atoms with Crippen molar-refractivity contribution in [2.45, 2.75) is 25.2 Å². The number of carbonyl (C=O) groups is 2. The maximum Gasteiger partial charge on any atom is 0.222 e. The standard InChI is InChI=1S/C19H22N2O3/c22-18(20-10-12-21-11-4-9-19(21)23)14-16(17-8-5-13-24-17)15-6-2-1-3-7-15/h1-3,5-8,13,16H,4,9-12,14H2,(H,20,22). The zero-order valence-electron chi connectivity index (χ0n) is 13.6. The number of nitrogens with one attached hydrogen (secondary N) is 1. The van der Waals surface area contributed by atoms with Crippen LogP contribution in [0.5, 0.6) is 0 Å². The number of rotatable bonds is 7. The number of amides is 2. The summed E-state index contributed by atoms with van der Waals surface area (Å²) >= 11 is 0. The van der Waals surface area contributed by atoms with Gasteiger partial charge in [0.1, 0.15) is 5.76 Å². The van der Waals surface area contributed by atoms with E-state index in [1.54, 1.807) is 6.26 Å². The third-order valence-corrected chi connectivity index (χ3v) is 4.35. The van der Waals surface area contributed by atoms with Crippen molar-refractivity contribution < 1.29 is 14.0 Å². The molecule has 0 saturated carbocycles. The van der Waals surface area contributed by atoms with Crippen LogP contribution in [-0.4, -0.2) is 36.3 Å². The van der Waals surface area contributed by atoms with Crippen LogP contribution in [0.2, 0.25) is 0 Å². The molecule has 2 aromatic rings. The van der Waals surface area contributed by atoms with Crippen molar-refractivity contribution in [3.63, 3.8) is 0 Å². The molecule has 1 aliphatic rings. The molecule has 5 heteroatoms. The van der Waals surface area contributed by atoms with E-state index in [0.717, 1.165) is 24.3 Å². The highest BCUT2D eigenvalue weighted by molar-refractivity contribution is 5.79. The normalized spacial score (nSPS) is 15.5. The average molecular weight is 326 g/mol. The predicted octanol–water partition coefficient (Wildman–Crippen LogP) is 2.54. The van der Waals surface area contributed by atoms with Crippen molar-refractivity contribution in [2.75, 3.05) is 19.6 Å². The van der Waals surface area contributed by atoms with Crippen molar-refractivity contribution >= 4 is 11.8 Å². The molecule has 1 saturated heterocycles. The van der Waals surface area contributed by atoms with Crippen LogP contribution < -0.4 is 5.32 Å². The lowest BCUT2D eigenvalue weighted by Crippen LogP contribution is -2.36. The van der Waals surface area contributed by atoms with Crippen LogP contribution in [0, 0.1) is 0 Å². The molecule has 5 nitrogen and oxygen atoms in total. The fourth-order valence-corrected chi connectivity index (χ4v) is 3.09. The molecule has 1 unspecified atom stereocenters. The smallest absolute Gasteiger partial charge is 0.222 e. The second kappa shape index (κ2) is 7.81. The summed E-state index contributed by atoms with van der Waals surface area (Å²) in [5.74, 6) is 0.828. The summed E-state index contributed by atoms with van der Waals surface area (Å²) in [6.07, 6.45) is 3.50. The summed E-state index contributed by atoms with van der Waals surface area (Å²) in [6, 6.07) is 13.6. The molecular formula is C19H22N2O3. The number of carbonyl (C=O) groups excluding carboxylic acids is 2. The number of likely N-dealkylation sites (tertiary alicyclic amines) is 1. The van der Waals surface area contributed by atoms with Crippen molar-refractivity contribution in [1.29, 1.82) is 0 Å². The van der Waals surface area contributed by atoms with Gasteiger partial charge in [-0.2, -0.15) is 0 Å². The second-order valence-electron chi connectivity index (χ2n) is 6.02. The van der Waals surface area contributed by atoms with E-state index in [-0.39, 0.29) is 17.7 Å². The Kier molecular flexibility index (Phi) is 5.31. The predicted molar refractivity (Wildman–Crippen MR) is 90.4 cm³/mol. The van der Waals surface area contributed by atoms with E-state index in [4.69, 9.17) is 4.42 Å². The molecule has 126 valence electrons. The molecule has 1 fully saturated rings. The van der Waals surface area contributed by atoms with Gasteiger partial charge in [0.15, 0.2) is 0 Å². The van der Waals surface area contributed by atoms with Crippen LogP contribution in [0.4, 0.5) is 0 Å². The summed E-state index contributed by atoms with van der Waals surface area (Å²) in [5, 5.41) is 2.92. The topological polar surface area (TPSA) is 62.6 Å². The summed E-state index contributed by atoms with van der Waals surface area (Å²) in [4.78, 5) is 25.7. The molecule has 1 aromatic carbocycles. The Hall–Kier alpha value is -2.56. The molecule has 0 spiro atoms. The van der Waals surface area contributed by atoms with E-state index in [0.29, 0.717) is 25.9 Å². The van der Waals surface area contributed by atoms with Crippen LogP contribution in [0.25, 0.3) is 0 Å². The first-order valence-corrected chi connectivity index (χ1v) is 8.37. The van der Waals surface area contributed by atoms with Gasteiger partial charge in [0, 0.05) is 32.5 Å². The molecule has 0 aliphatic carbocycles. The fraction of sp³-hybridized carbons (Fsp3) is 0.368. The highest BCUT2D eigenvalue weighted by Gasteiger charge is 2.22. The third kappa shape index (κ3) is 4.04. The quantitative estimate of drug-likeness (QED) is 0.850. The maximum atomic E-state index is 12.3. The van der Waals surface area contributed by atoms with E-state index in [2.05, 4.69) is 5.32 Å². The third-order valence-electron chi connectivity index (χ3n) is 4.35. The van der Waals surface area contributed by atoms with Crippen LogP contribution in [-0.2, 0) is 9.59 Å². The zero-order chi connectivity index (χ0) is 16.8. The van der Waals surface area contributed by atoms with E-state index in [1.165, 1.54) is 0 Å². The Morgan fingerprint density at radius 3 is 2.71 bits per heavy atom. The van der Waals surface area contributed by atoms with Gasteiger partial charge in [-0.25, -0.2) is 0 Å². The Morgan fingerprint density at radius 1 is 1.21 bits per heavy atom. The first-order valence-electron chi connectivity index (χ1n) is 8.37. The van der Waals surface area contributed by atoms with E-state index < -0.39 is 0 Å². The molecule has 0 radical (unpaired) electrons. The van der Waals surface area contributed by atoms with Crippen LogP contribution >= 0.6 is 0 Å². The minimum Gasteiger partial charge on any atom is -0.469 e. The Bertz CT molecular complexity index is 667. The number of hydrogen-bond donors (Lipinski definition) is 1. The Labute approximate surface area is 141 Å². The lowest BCUT2D eigenvalue weighted by Gasteiger charge is -2.17. The SMILES string of the molecule is O=C(CC(c1ccccc1)c1ccco1)NCCN1CCCC1=O. The molecule has 2 amide bonds. The fourth-order valence-electron chi connectivity index (χ4n) is 3.09. The van der Waals surface area contributed by atoms with Gasteiger partial charge in [0.05, 0.1) is 12.2 Å².